The number of ether oxygens (including phenoxy) is 1. The van der Waals surface area contributed by atoms with Gasteiger partial charge in [0.1, 0.15) is 0 Å². The molecule has 4 nitrogen and oxygen atoms in total. The van der Waals surface area contributed by atoms with E-state index < -0.39 is 12.1 Å². The average Bonchev–Trinajstić information content (AvgIpc) is 2.35. The topological polar surface area (TPSA) is 55.4 Å². The number of carbonyl (C=O) groups excluding carboxylic acids is 2. The summed E-state index contributed by atoms with van der Waals surface area (Å²) in [5.74, 6) is -0.475. The van der Waals surface area contributed by atoms with Gasteiger partial charge in [0.2, 0.25) is 0 Å². The molecule has 0 aliphatic rings. The van der Waals surface area contributed by atoms with E-state index in [-0.39, 0.29) is 6.42 Å². The summed E-state index contributed by atoms with van der Waals surface area (Å²) in [7, 11) is 0. The third-order valence-electron chi connectivity index (χ3n) is 2.22. The van der Waals surface area contributed by atoms with Crippen molar-refractivity contribution in [3.8, 4) is 0 Å². The van der Waals surface area contributed by atoms with Gasteiger partial charge < -0.3 is 10.1 Å². The second-order valence-corrected chi connectivity index (χ2v) is 3.70. The Bertz CT molecular complexity index is 362. The Labute approximate surface area is 101 Å². The molecule has 17 heavy (non-hydrogen) atoms. The van der Waals surface area contributed by atoms with Crippen LogP contribution in [0, 0.1) is 0 Å². The Morgan fingerprint density at radius 2 is 1.94 bits per heavy atom. The molecule has 0 aliphatic heterocycles. The van der Waals surface area contributed by atoms with Gasteiger partial charge in [-0.1, -0.05) is 43.7 Å². The van der Waals surface area contributed by atoms with Crippen LogP contribution in [0.2, 0.25) is 0 Å². The molecule has 0 saturated heterocycles. The molecule has 1 N–H and O–H groups in total. The predicted molar refractivity (Wildman–Crippen MR) is 64.3 cm³/mol. The van der Waals surface area contributed by atoms with Crippen molar-refractivity contribution in [3.05, 3.63) is 35.9 Å². The van der Waals surface area contributed by atoms with E-state index in [1.165, 1.54) is 0 Å². The monoisotopic (exact) mass is 235 g/mol. The Hall–Kier alpha value is -1.84. The van der Waals surface area contributed by atoms with Crippen LogP contribution in [0.3, 0.4) is 0 Å². The predicted octanol–water partition coefficient (Wildman–Crippen LogP) is 2.63. The second kappa shape index (κ2) is 7.44. The largest absolute Gasteiger partial charge is 0.415 e. The van der Waals surface area contributed by atoms with Crippen molar-refractivity contribution in [2.24, 2.45) is 0 Å². The van der Waals surface area contributed by atoms with Crippen LogP contribution in [0.15, 0.2) is 30.3 Å². The number of hydrogen-bond donors (Lipinski definition) is 1. The van der Waals surface area contributed by atoms with Crippen molar-refractivity contribution in [3.63, 3.8) is 0 Å². The number of rotatable bonds is 5. The minimum Gasteiger partial charge on any atom is -0.376 e. The van der Waals surface area contributed by atoms with E-state index in [0.717, 1.165) is 18.4 Å². The lowest BCUT2D eigenvalue weighted by molar-refractivity contribution is -0.137. The SMILES string of the molecule is CCCCC(=O)OC(=O)NCc1ccccc1. The first kappa shape index (κ1) is 13.2. The van der Waals surface area contributed by atoms with Crippen molar-refractivity contribution >= 4 is 12.1 Å². The summed E-state index contributed by atoms with van der Waals surface area (Å²) in [5.41, 5.74) is 0.963. The quantitative estimate of drug-likeness (QED) is 0.630. The number of carbonyl (C=O) groups is 2. The van der Waals surface area contributed by atoms with E-state index >= 15 is 0 Å². The molecule has 1 aromatic rings. The number of amides is 1. The molecule has 0 saturated carbocycles. The molecule has 4 heteroatoms. The van der Waals surface area contributed by atoms with Crippen molar-refractivity contribution < 1.29 is 14.3 Å². The minimum absolute atomic E-state index is 0.287. The van der Waals surface area contributed by atoms with Gasteiger partial charge in [-0.25, -0.2) is 4.79 Å². The fourth-order valence-corrected chi connectivity index (χ4v) is 1.28. The molecule has 0 aliphatic carbocycles. The zero-order valence-corrected chi connectivity index (χ0v) is 9.94. The Kier molecular flexibility index (Phi) is 5.79. The Balaban J connectivity index is 2.24. The van der Waals surface area contributed by atoms with Crippen LogP contribution in [-0.4, -0.2) is 12.1 Å². The van der Waals surface area contributed by atoms with Crippen molar-refractivity contribution in [1.82, 2.24) is 5.32 Å². The molecule has 1 amide bonds. The van der Waals surface area contributed by atoms with Gasteiger partial charge in [0, 0.05) is 13.0 Å². The molecule has 0 heterocycles. The average molecular weight is 235 g/mol. The number of esters is 1. The highest BCUT2D eigenvalue weighted by Crippen LogP contribution is 1.99. The van der Waals surface area contributed by atoms with Crippen LogP contribution >= 0.6 is 0 Å². The highest BCUT2D eigenvalue weighted by Gasteiger charge is 2.08. The van der Waals surface area contributed by atoms with E-state index in [9.17, 15) is 9.59 Å². The van der Waals surface area contributed by atoms with E-state index in [2.05, 4.69) is 10.1 Å². The molecule has 0 aromatic heterocycles. The fourth-order valence-electron chi connectivity index (χ4n) is 1.28. The van der Waals surface area contributed by atoms with Crippen LogP contribution in [0.1, 0.15) is 31.7 Å². The Morgan fingerprint density at radius 3 is 2.59 bits per heavy atom. The van der Waals surface area contributed by atoms with Gasteiger partial charge in [-0.3, -0.25) is 4.79 Å². The smallest absolute Gasteiger partial charge is 0.376 e. The van der Waals surface area contributed by atoms with Crippen LogP contribution in [0.4, 0.5) is 4.79 Å². The number of unbranched alkanes of at least 4 members (excludes halogenated alkanes) is 1. The zero-order chi connectivity index (χ0) is 12.5. The molecule has 0 spiro atoms. The summed E-state index contributed by atoms with van der Waals surface area (Å²) in [4.78, 5) is 22.4. The molecular formula is C13H17NO3. The number of nitrogens with one attached hydrogen (secondary N) is 1. The van der Waals surface area contributed by atoms with Crippen LogP contribution in [-0.2, 0) is 16.1 Å². The zero-order valence-electron chi connectivity index (χ0n) is 9.94. The van der Waals surface area contributed by atoms with Crippen LogP contribution in [0.25, 0.3) is 0 Å². The van der Waals surface area contributed by atoms with E-state index in [0.29, 0.717) is 6.54 Å². The first-order chi connectivity index (χ1) is 8.22. The summed E-state index contributed by atoms with van der Waals surface area (Å²) < 4.78 is 4.59. The van der Waals surface area contributed by atoms with Gasteiger partial charge in [0.05, 0.1) is 0 Å². The summed E-state index contributed by atoms with van der Waals surface area (Å²) in [6.45, 7) is 2.34. The third kappa shape index (κ3) is 5.70. The number of alkyl carbamates (subject to hydrolysis) is 1. The molecule has 0 radical (unpaired) electrons. The fraction of sp³-hybridized carbons (Fsp3) is 0.385. The molecule has 0 bridgehead atoms. The van der Waals surface area contributed by atoms with Gasteiger partial charge in [-0.2, -0.15) is 0 Å². The molecule has 0 unspecified atom stereocenters. The third-order valence-corrected chi connectivity index (χ3v) is 2.22. The maximum Gasteiger partial charge on any atom is 0.415 e. The van der Waals surface area contributed by atoms with Crippen molar-refractivity contribution in [2.45, 2.75) is 32.7 Å². The molecule has 0 fully saturated rings. The first-order valence-corrected chi connectivity index (χ1v) is 5.74. The minimum atomic E-state index is -0.685. The lowest BCUT2D eigenvalue weighted by atomic mass is 10.2. The van der Waals surface area contributed by atoms with E-state index in [1.807, 2.05) is 37.3 Å². The Morgan fingerprint density at radius 1 is 1.24 bits per heavy atom. The number of benzene rings is 1. The van der Waals surface area contributed by atoms with E-state index in [1.54, 1.807) is 0 Å². The maximum atomic E-state index is 11.2. The lowest BCUT2D eigenvalue weighted by Crippen LogP contribution is -2.26. The standard InChI is InChI=1S/C13H17NO3/c1-2-3-9-12(15)17-13(16)14-10-11-7-5-4-6-8-11/h4-8H,2-3,9-10H2,1H3,(H,14,16). The van der Waals surface area contributed by atoms with Crippen molar-refractivity contribution in [1.29, 1.82) is 0 Å². The summed E-state index contributed by atoms with van der Waals surface area (Å²) in [5, 5.41) is 2.52. The normalized spacial score (nSPS) is 9.71. The van der Waals surface area contributed by atoms with Gasteiger partial charge in [0.25, 0.3) is 0 Å². The maximum absolute atomic E-state index is 11.2. The van der Waals surface area contributed by atoms with Gasteiger partial charge in [-0.05, 0) is 12.0 Å². The summed E-state index contributed by atoms with van der Waals surface area (Å²) >= 11 is 0. The molecule has 0 atom stereocenters. The first-order valence-electron chi connectivity index (χ1n) is 5.74. The van der Waals surface area contributed by atoms with Crippen molar-refractivity contribution in [2.75, 3.05) is 0 Å². The van der Waals surface area contributed by atoms with Crippen LogP contribution in [0.5, 0.6) is 0 Å². The molecule has 92 valence electrons. The molecule has 1 rings (SSSR count). The number of hydrogen-bond acceptors (Lipinski definition) is 3. The van der Waals surface area contributed by atoms with Gasteiger partial charge in [0.15, 0.2) is 0 Å². The lowest BCUT2D eigenvalue weighted by Gasteiger charge is -2.05. The summed E-state index contributed by atoms with van der Waals surface area (Å²) in [6, 6.07) is 9.44. The van der Waals surface area contributed by atoms with Crippen LogP contribution < -0.4 is 5.32 Å². The summed E-state index contributed by atoms with van der Waals surface area (Å²) in [6.07, 6.45) is 1.25. The highest BCUT2D eigenvalue weighted by molar-refractivity contribution is 5.84. The molecule has 1 aromatic carbocycles. The van der Waals surface area contributed by atoms with Gasteiger partial charge >= 0.3 is 12.1 Å². The van der Waals surface area contributed by atoms with Gasteiger partial charge in [-0.15, -0.1) is 0 Å². The van der Waals surface area contributed by atoms with E-state index in [4.69, 9.17) is 0 Å². The highest BCUT2D eigenvalue weighted by atomic mass is 16.6. The second-order valence-electron chi connectivity index (χ2n) is 3.70. The molecular weight excluding hydrogens is 218 g/mol.